The Morgan fingerprint density at radius 3 is 2.50 bits per heavy atom. The first kappa shape index (κ1) is 15.9. The van der Waals surface area contributed by atoms with Crippen LogP contribution in [0.15, 0.2) is 0 Å². The van der Waals surface area contributed by atoms with E-state index in [0.29, 0.717) is 5.92 Å². The number of nitrogens with one attached hydrogen (secondary N) is 2. The Bertz CT molecular complexity index is 322. The van der Waals surface area contributed by atoms with Crippen molar-refractivity contribution in [3.63, 3.8) is 0 Å². The van der Waals surface area contributed by atoms with Gasteiger partial charge in [-0.3, -0.25) is 0 Å². The standard InChI is InChI=1S/C13H28N2O2S/c1-11(2)7-8-12(3)15-18(16,17)10-13-6-4-5-9-14-13/h11-15H,4-10H2,1-3H3. The van der Waals surface area contributed by atoms with E-state index >= 15 is 0 Å². The zero-order valence-electron chi connectivity index (χ0n) is 11.9. The van der Waals surface area contributed by atoms with Crippen molar-refractivity contribution in [1.82, 2.24) is 10.0 Å². The molecule has 0 aromatic heterocycles. The van der Waals surface area contributed by atoms with Gasteiger partial charge in [0.1, 0.15) is 0 Å². The lowest BCUT2D eigenvalue weighted by Gasteiger charge is -2.24. The van der Waals surface area contributed by atoms with E-state index < -0.39 is 10.0 Å². The summed E-state index contributed by atoms with van der Waals surface area (Å²) in [5, 5.41) is 3.28. The normalized spacial score (nSPS) is 23.2. The Balaban J connectivity index is 2.33. The topological polar surface area (TPSA) is 58.2 Å². The molecule has 2 atom stereocenters. The molecule has 0 spiro atoms. The summed E-state index contributed by atoms with van der Waals surface area (Å²) in [4.78, 5) is 0. The van der Waals surface area contributed by atoms with Crippen molar-refractivity contribution in [3.05, 3.63) is 0 Å². The number of piperidine rings is 1. The maximum atomic E-state index is 12.0. The van der Waals surface area contributed by atoms with Gasteiger partial charge in [0.25, 0.3) is 0 Å². The molecule has 0 amide bonds. The molecule has 1 fully saturated rings. The molecule has 18 heavy (non-hydrogen) atoms. The van der Waals surface area contributed by atoms with Crippen LogP contribution < -0.4 is 10.0 Å². The third kappa shape index (κ3) is 6.71. The Labute approximate surface area is 112 Å². The van der Waals surface area contributed by atoms with Crippen LogP contribution in [0.2, 0.25) is 0 Å². The lowest BCUT2D eigenvalue weighted by atomic mass is 10.1. The Morgan fingerprint density at radius 2 is 1.94 bits per heavy atom. The summed E-state index contributed by atoms with van der Waals surface area (Å²) < 4.78 is 26.8. The third-order valence-corrected chi connectivity index (χ3v) is 4.99. The molecule has 108 valence electrons. The summed E-state index contributed by atoms with van der Waals surface area (Å²) in [5.74, 6) is 0.843. The monoisotopic (exact) mass is 276 g/mol. The maximum Gasteiger partial charge on any atom is 0.213 e. The van der Waals surface area contributed by atoms with E-state index in [0.717, 1.165) is 38.6 Å². The Kier molecular flexibility index (Phi) is 6.60. The largest absolute Gasteiger partial charge is 0.313 e. The van der Waals surface area contributed by atoms with Crippen molar-refractivity contribution in [3.8, 4) is 0 Å². The minimum absolute atomic E-state index is 0.0426. The van der Waals surface area contributed by atoms with Crippen molar-refractivity contribution in [2.45, 2.75) is 65.0 Å². The fourth-order valence-electron chi connectivity index (χ4n) is 2.33. The fourth-order valence-corrected chi connectivity index (χ4v) is 3.97. The average molecular weight is 276 g/mol. The lowest BCUT2D eigenvalue weighted by molar-refractivity contribution is 0.420. The van der Waals surface area contributed by atoms with Crippen molar-refractivity contribution in [2.24, 2.45) is 5.92 Å². The minimum atomic E-state index is -3.14. The van der Waals surface area contributed by atoms with E-state index in [-0.39, 0.29) is 17.8 Å². The van der Waals surface area contributed by atoms with E-state index in [2.05, 4.69) is 23.9 Å². The van der Waals surface area contributed by atoms with Crippen molar-refractivity contribution in [2.75, 3.05) is 12.3 Å². The molecule has 4 nitrogen and oxygen atoms in total. The predicted molar refractivity (Wildman–Crippen MR) is 76.1 cm³/mol. The van der Waals surface area contributed by atoms with E-state index in [4.69, 9.17) is 0 Å². The lowest BCUT2D eigenvalue weighted by Crippen LogP contribution is -2.44. The summed E-state index contributed by atoms with van der Waals surface area (Å²) in [6, 6.07) is 0.175. The molecule has 0 radical (unpaired) electrons. The van der Waals surface area contributed by atoms with Gasteiger partial charge in [0.2, 0.25) is 10.0 Å². The molecule has 0 aromatic carbocycles. The average Bonchev–Trinajstić information content (AvgIpc) is 2.26. The molecule has 0 bridgehead atoms. The molecule has 1 rings (SSSR count). The molecule has 2 unspecified atom stereocenters. The highest BCUT2D eigenvalue weighted by molar-refractivity contribution is 7.89. The van der Waals surface area contributed by atoms with Gasteiger partial charge in [-0.05, 0) is 45.1 Å². The highest BCUT2D eigenvalue weighted by atomic mass is 32.2. The van der Waals surface area contributed by atoms with Crippen LogP contribution in [-0.2, 0) is 10.0 Å². The Morgan fingerprint density at radius 1 is 1.22 bits per heavy atom. The van der Waals surface area contributed by atoms with Gasteiger partial charge in [0, 0.05) is 12.1 Å². The summed E-state index contributed by atoms with van der Waals surface area (Å²) in [6.07, 6.45) is 5.24. The molecule has 1 heterocycles. The van der Waals surface area contributed by atoms with E-state index in [1.54, 1.807) is 0 Å². The van der Waals surface area contributed by atoms with Gasteiger partial charge in [-0.1, -0.05) is 20.3 Å². The first-order chi connectivity index (χ1) is 8.39. The highest BCUT2D eigenvalue weighted by Crippen LogP contribution is 2.10. The number of hydrogen-bond acceptors (Lipinski definition) is 3. The second-order valence-electron chi connectivity index (χ2n) is 5.92. The van der Waals surface area contributed by atoms with Crippen LogP contribution in [0.5, 0.6) is 0 Å². The molecule has 1 saturated heterocycles. The zero-order valence-corrected chi connectivity index (χ0v) is 12.7. The zero-order chi connectivity index (χ0) is 13.6. The minimum Gasteiger partial charge on any atom is -0.313 e. The molecular formula is C13H28N2O2S. The molecule has 1 aliphatic rings. The second-order valence-corrected chi connectivity index (χ2v) is 7.72. The first-order valence-corrected chi connectivity index (χ1v) is 8.77. The summed E-state index contributed by atoms with van der Waals surface area (Å²) >= 11 is 0. The van der Waals surface area contributed by atoms with E-state index in [1.165, 1.54) is 0 Å². The van der Waals surface area contributed by atoms with Crippen molar-refractivity contribution < 1.29 is 8.42 Å². The van der Waals surface area contributed by atoms with Crippen LogP contribution in [0.4, 0.5) is 0 Å². The molecule has 2 N–H and O–H groups in total. The van der Waals surface area contributed by atoms with Gasteiger partial charge in [0.05, 0.1) is 5.75 Å². The highest BCUT2D eigenvalue weighted by Gasteiger charge is 2.22. The van der Waals surface area contributed by atoms with Crippen LogP contribution in [-0.4, -0.2) is 32.8 Å². The molecule has 0 aliphatic carbocycles. The smallest absolute Gasteiger partial charge is 0.213 e. The summed E-state index contributed by atoms with van der Waals surface area (Å²) in [7, 11) is -3.14. The number of rotatable bonds is 7. The van der Waals surface area contributed by atoms with Crippen molar-refractivity contribution >= 4 is 10.0 Å². The van der Waals surface area contributed by atoms with Gasteiger partial charge >= 0.3 is 0 Å². The van der Waals surface area contributed by atoms with Gasteiger partial charge < -0.3 is 5.32 Å². The van der Waals surface area contributed by atoms with E-state index in [9.17, 15) is 8.42 Å². The predicted octanol–water partition coefficient (Wildman–Crippen LogP) is 1.87. The summed E-state index contributed by atoms with van der Waals surface area (Å²) in [5.41, 5.74) is 0. The van der Waals surface area contributed by atoms with Crippen LogP contribution >= 0.6 is 0 Å². The van der Waals surface area contributed by atoms with Gasteiger partial charge in [-0.15, -0.1) is 0 Å². The van der Waals surface area contributed by atoms with Gasteiger partial charge in [-0.25, -0.2) is 13.1 Å². The van der Waals surface area contributed by atoms with Crippen LogP contribution in [0.25, 0.3) is 0 Å². The van der Waals surface area contributed by atoms with Crippen LogP contribution in [0, 0.1) is 5.92 Å². The maximum absolute atomic E-state index is 12.0. The summed E-state index contributed by atoms with van der Waals surface area (Å²) in [6.45, 7) is 7.22. The molecular weight excluding hydrogens is 248 g/mol. The molecule has 0 saturated carbocycles. The quantitative estimate of drug-likeness (QED) is 0.746. The molecule has 1 aliphatic heterocycles. The van der Waals surface area contributed by atoms with Crippen molar-refractivity contribution in [1.29, 1.82) is 0 Å². The second kappa shape index (κ2) is 7.46. The number of hydrogen-bond donors (Lipinski definition) is 2. The SMILES string of the molecule is CC(C)CCC(C)NS(=O)(=O)CC1CCCCN1. The van der Waals surface area contributed by atoms with Crippen LogP contribution in [0.1, 0.15) is 52.9 Å². The van der Waals surface area contributed by atoms with Gasteiger partial charge in [-0.2, -0.15) is 0 Å². The first-order valence-electron chi connectivity index (χ1n) is 7.12. The van der Waals surface area contributed by atoms with E-state index in [1.807, 2.05) is 6.92 Å². The third-order valence-electron chi connectivity index (χ3n) is 3.39. The molecule has 5 heteroatoms. The fraction of sp³-hybridized carbons (Fsp3) is 1.00. The van der Waals surface area contributed by atoms with Crippen LogP contribution in [0.3, 0.4) is 0 Å². The van der Waals surface area contributed by atoms with Gasteiger partial charge in [0.15, 0.2) is 0 Å². The Hall–Kier alpha value is -0.130. The molecule has 0 aromatic rings. The number of sulfonamides is 1.